The van der Waals surface area contributed by atoms with E-state index in [1.54, 1.807) is 6.92 Å². The lowest BCUT2D eigenvalue weighted by Crippen LogP contribution is -2.15. The fourth-order valence-electron chi connectivity index (χ4n) is 1.60. The first kappa shape index (κ1) is 16.4. The maximum Gasteiger partial charge on any atom is 0.266 e. The number of aromatic nitrogens is 1. The number of nitrogens with zero attached hydrogens (tertiary/aromatic N) is 1. The molecule has 1 aromatic carbocycles. The Kier molecular flexibility index (Phi) is 4.67. The minimum absolute atomic E-state index is 0.00837. The number of nitrogen functional groups attached to an aromatic ring is 1. The van der Waals surface area contributed by atoms with E-state index in [-0.39, 0.29) is 20.8 Å². The molecule has 2 aromatic rings. The SMILES string of the molecule is Cc1cc(NS(=O)(=O)c2c(Cl)cc(Br)cc2Cl)ncc1N. The van der Waals surface area contributed by atoms with Gasteiger partial charge in [0, 0.05) is 4.47 Å². The van der Waals surface area contributed by atoms with Crippen molar-refractivity contribution >= 4 is 60.7 Å². The zero-order valence-corrected chi connectivity index (χ0v) is 14.6. The third-order valence-corrected chi connectivity index (χ3v) is 5.36. The van der Waals surface area contributed by atoms with Gasteiger partial charge >= 0.3 is 0 Å². The molecule has 112 valence electrons. The molecule has 1 heterocycles. The molecule has 0 aliphatic heterocycles. The molecule has 0 aliphatic carbocycles. The topological polar surface area (TPSA) is 85.1 Å². The van der Waals surface area contributed by atoms with Gasteiger partial charge in [0.15, 0.2) is 0 Å². The first-order valence-corrected chi connectivity index (χ1v) is 8.63. The number of nitrogens with two attached hydrogens (primary N) is 1. The van der Waals surface area contributed by atoms with Crippen LogP contribution in [0.3, 0.4) is 0 Å². The summed E-state index contributed by atoms with van der Waals surface area (Å²) in [5.41, 5.74) is 6.82. The quantitative estimate of drug-likeness (QED) is 0.804. The lowest BCUT2D eigenvalue weighted by molar-refractivity contribution is 0.601. The van der Waals surface area contributed by atoms with Crippen LogP contribution in [-0.2, 0) is 10.0 Å². The molecular formula is C12H10BrCl2N3O2S. The second-order valence-electron chi connectivity index (χ2n) is 4.23. The molecule has 9 heteroatoms. The average molecular weight is 411 g/mol. The molecule has 0 radical (unpaired) electrons. The molecule has 0 saturated carbocycles. The molecule has 2 rings (SSSR count). The summed E-state index contributed by atoms with van der Waals surface area (Å²) in [5, 5.41) is 0.0167. The lowest BCUT2D eigenvalue weighted by atomic mass is 10.2. The van der Waals surface area contributed by atoms with Gasteiger partial charge in [0.2, 0.25) is 0 Å². The van der Waals surface area contributed by atoms with E-state index < -0.39 is 10.0 Å². The summed E-state index contributed by atoms with van der Waals surface area (Å²) < 4.78 is 27.7. The Morgan fingerprint density at radius 2 is 1.81 bits per heavy atom. The molecule has 0 atom stereocenters. The number of benzene rings is 1. The molecule has 0 unspecified atom stereocenters. The van der Waals surface area contributed by atoms with Crippen LogP contribution in [0.5, 0.6) is 0 Å². The molecule has 0 amide bonds. The van der Waals surface area contributed by atoms with Crippen LogP contribution in [0.4, 0.5) is 11.5 Å². The van der Waals surface area contributed by atoms with Gasteiger partial charge in [-0.15, -0.1) is 0 Å². The predicted octanol–water partition coefficient (Wildman–Crippen LogP) is 3.84. The molecule has 21 heavy (non-hydrogen) atoms. The first-order valence-electron chi connectivity index (χ1n) is 5.60. The average Bonchev–Trinajstić information content (AvgIpc) is 2.31. The second kappa shape index (κ2) is 6.00. The molecule has 3 N–H and O–H groups in total. The Labute approximate surface area is 140 Å². The van der Waals surface area contributed by atoms with Crippen molar-refractivity contribution < 1.29 is 8.42 Å². The molecule has 0 aliphatic rings. The first-order chi connectivity index (χ1) is 9.70. The van der Waals surface area contributed by atoms with E-state index in [9.17, 15) is 8.42 Å². The largest absolute Gasteiger partial charge is 0.397 e. The Morgan fingerprint density at radius 1 is 1.24 bits per heavy atom. The summed E-state index contributed by atoms with van der Waals surface area (Å²) in [6, 6.07) is 4.42. The zero-order chi connectivity index (χ0) is 15.8. The van der Waals surface area contributed by atoms with Crippen molar-refractivity contribution in [2.24, 2.45) is 0 Å². The number of hydrogen-bond donors (Lipinski definition) is 2. The highest BCUT2D eigenvalue weighted by atomic mass is 79.9. The van der Waals surface area contributed by atoms with Gasteiger partial charge in [-0.3, -0.25) is 4.72 Å². The number of hydrogen-bond acceptors (Lipinski definition) is 4. The summed E-state index contributed by atoms with van der Waals surface area (Å²) in [6.07, 6.45) is 1.37. The Balaban J connectivity index is 2.46. The second-order valence-corrected chi connectivity index (χ2v) is 7.58. The fourth-order valence-corrected chi connectivity index (χ4v) is 4.53. The number of rotatable bonds is 3. The summed E-state index contributed by atoms with van der Waals surface area (Å²) >= 11 is 15.1. The zero-order valence-electron chi connectivity index (χ0n) is 10.7. The van der Waals surface area contributed by atoms with Crippen LogP contribution in [0.2, 0.25) is 10.0 Å². The Morgan fingerprint density at radius 3 is 2.33 bits per heavy atom. The van der Waals surface area contributed by atoms with E-state index >= 15 is 0 Å². The van der Waals surface area contributed by atoms with Gasteiger partial charge in [-0.1, -0.05) is 39.1 Å². The predicted molar refractivity (Wildman–Crippen MR) is 88.4 cm³/mol. The summed E-state index contributed by atoms with van der Waals surface area (Å²) in [5.74, 6) is 0.136. The molecule has 1 aromatic heterocycles. The van der Waals surface area contributed by atoms with Crippen molar-refractivity contribution in [3.8, 4) is 0 Å². The van der Waals surface area contributed by atoms with E-state index in [2.05, 4.69) is 25.6 Å². The fraction of sp³-hybridized carbons (Fsp3) is 0.0833. The number of sulfonamides is 1. The highest BCUT2D eigenvalue weighted by molar-refractivity contribution is 9.10. The van der Waals surface area contributed by atoms with Gasteiger partial charge < -0.3 is 5.73 Å². The van der Waals surface area contributed by atoms with Crippen molar-refractivity contribution in [1.29, 1.82) is 0 Å². The number of nitrogens with one attached hydrogen (secondary N) is 1. The maximum atomic E-state index is 12.4. The van der Waals surface area contributed by atoms with Crippen molar-refractivity contribution in [2.75, 3.05) is 10.5 Å². The van der Waals surface area contributed by atoms with E-state index in [0.29, 0.717) is 15.7 Å². The molecule has 0 fully saturated rings. The van der Waals surface area contributed by atoms with E-state index in [1.165, 1.54) is 24.4 Å². The third-order valence-electron chi connectivity index (χ3n) is 2.62. The highest BCUT2D eigenvalue weighted by Crippen LogP contribution is 2.33. The van der Waals surface area contributed by atoms with E-state index in [4.69, 9.17) is 28.9 Å². The number of halogens is 3. The van der Waals surface area contributed by atoms with Crippen LogP contribution < -0.4 is 10.5 Å². The van der Waals surface area contributed by atoms with Gasteiger partial charge in [0.25, 0.3) is 10.0 Å². The summed E-state index contributed by atoms with van der Waals surface area (Å²) in [4.78, 5) is 3.71. The van der Waals surface area contributed by atoms with Crippen LogP contribution in [0.1, 0.15) is 5.56 Å². The van der Waals surface area contributed by atoms with Gasteiger partial charge in [0.1, 0.15) is 10.7 Å². The van der Waals surface area contributed by atoms with E-state index in [1.807, 2.05) is 0 Å². The maximum absolute atomic E-state index is 12.4. The van der Waals surface area contributed by atoms with Crippen molar-refractivity contribution in [3.05, 3.63) is 44.5 Å². The van der Waals surface area contributed by atoms with Crippen LogP contribution >= 0.6 is 39.1 Å². The summed E-state index contributed by atoms with van der Waals surface area (Å²) in [7, 11) is -3.96. The third kappa shape index (κ3) is 3.60. The number of pyridine rings is 1. The molecule has 5 nitrogen and oxygen atoms in total. The van der Waals surface area contributed by atoms with E-state index in [0.717, 1.165) is 0 Å². The molecule has 0 saturated heterocycles. The minimum Gasteiger partial charge on any atom is -0.397 e. The van der Waals surface area contributed by atoms with Crippen LogP contribution in [0, 0.1) is 6.92 Å². The van der Waals surface area contributed by atoms with Crippen LogP contribution in [0.25, 0.3) is 0 Å². The minimum atomic E-state index is -3.96. The number of anilines is 2. The Hall–Kier alpha value is -1.02. The van der Waals surface area contributed by atoms with Gasteiger partial charge in [-0.05, 0) is 30.7 Å². The smallest absolute Gasteiger partial charge is 0.266 e. The number of aryl methyl sites for hydroxylation is 1. The van der Waals surface area contributed by atoms with Crippen LogP contribution in [-0.4, -0.2) is 13.4 Å². The molecular weight excluding hydrogens is 401 g/mol. The van der Waals surface area contributed by atoms with Crippen LogP contribution in [0.15, 0.2) is 33.8 Å². The van der Waals surface area contributed by atoms with Gasteiger partial charge in [-0.2, -0.15) is 0 Å². The van der Waals surface area contributed by atoms with Crippen molar-refractivity contribution in [2.45, 2.75) is 11.8 Å². The van der Waals surface area contributed by atoms with Crippen molar-refractivity contribution in [1.82, 2.24) is 4.98 Å². The molecule has 0 bridgehead atoms. The van der Waals surface area contributed by atoms with Gasteiger partial charge in [0.05, 0.1) is 21.9 Å². The normalized spacial score (nSPS) is 11.4. The highest BCUT2D eigenvalue weighted by Gasteiger charge is 2.23. The van der Waals surface area contributed by atoms with Gasteiger partial charge in [-0.25, -0.2) is 13.4 Å². The molecule has 0 spiro atoms. The standard InChI is InChI=1S/C12H10BrCl2N3O2S/c1-6-2-11(17-5-10(6)16)18-21(19,20)12-8(14)3-7(13)4-9(12)15/h2-5H,16H2,1H3,(H,17,18). The lowest BCUT2D eigenvalue weighted by Gasteiger charge is -2.11. The monoisotopic (exact) mass is 409 g/mol. The summed E-state index contributed by atoms with van der Waals surface area (Å²) in [6.45, 7) is 1.74. The van der Waals surface area contributed by atoms with Crippen molar-refractivity contribution in [3.63, 3.8) is 0 Å². The Bertz CT molecular complexity index is 789.